The van der Waals surface area contributed by atoms with Crippen molar-refractivity contribution in [1.82, 2.24) is 15.0 Å². The minimum absolute atomic E-state index is 0.127. The summed E-state index contributed by atoms with van der Waals surface area (Å²) in [5, 5.41) is 0. The molecule has 7 nitrogen and oxygen atoms in total. The highest BCUT2D eigenvalue weighted by Crippen LogP contribution is 2.41. The zero-order valence-electron chi connectivity index (χ0n) is 15.2. The number of rotatable bonds is 6. The average Bonchev–Trinajstić information content (AvgIpc) is 3.04. The van der Waals surface area contributed by atoms with Crippen LogP contribution in [0.3, 0.4) is 0 Å². The predicted molar refractivity (Wildman–Crippen MR) is 96.2 cm³/mol. The maximum absolute atomic E-state index is 6.11. The first kappa shape index (κ1) is 17.2. The van der Waals surface area contributed by atoms with Crippen molar-refractivity contribution in [3.05, 3.63) is 42.0 Å². The minimum atomic E-state index is -0.127. The van der Waals surface area contributed by atoms with E-state index in [-0.39, 0.29) is 5.60 Å². The Labute approximate surface area is 153 Å². The Morgan fingerprint density at radius 2 is 2.19 bits per heavy atom. The molecule has 1 unspecified atom stereocenters. The molecule has 7 heteroatoms. The van der Waals surface area contributed by atoms with Gasteiger partial charge in [-0.2, -0.15) is 0 Å². The fraction of sp³-hybridized carbons (Fsp3) is 0.526. The van der Waals surface area contributed by atoms with E-state index in [1.54, 1.807) is 7.11 Å². The number of hydrogen-bond donors (Lipinski definition) is 0. The molecule has 2 fully saturated rings. The van der Waals surface area contributed by atoms with E-state index < -0.39 is 0 Å². The van der Waals surface area contributed by atoms with E-state index in [9.17, 15) is 0 Å². The maximum Gasteiger partial charge on any atom is 0.218 e. The lowest BCUT2D eigenvalue weighted by atomic mass is 9.81. The largest absolute Gasteiger partial charge is 0.481 e. The van der Waals surface area contributed by atoms with Crippen LogP contribution in [0.5, 0.6) is 5.88 Å². The van der Waals surface area contributed by atoms with Gasteiger partial charge in [0.25, 0.3) is 0 Å². The first-order chi connectivity index (χ1) is 12.7. The molecule has 4 rings (SSSR count). The third kappa shape index (κ3) is 3.37. The molecule has 0 N–H and O–H groups in total. The van der Waals surface area contributed by atoms with Gasteiger partial charge in [0.05, 0.1) is 39.1 Å². The Bertz CT molecular complexity index is 764. The van der Waals surface area contributed by atoms with Crippen LogP contribution < -0.4 is 9.64 Å². The van der Waals surface area contributed by atoms with Gasteiger partial charge in [0.15, 0.2) is 0 Å². The second-order valence-electron chi connectivity index (χ2n) is 6.96. The fourth-order valence-corrected chi connectivity index (χ4v) is 3.73. The van der Waals surface area contributed by atoms with Gasteiger partial charge in [0.1, 0.15) is 17.7 Å². The summed E-state index contributed by atoms with van der Waals surface area (Å²) in [6.07, 6.45) is 2.56. The molecule has 0 aliphatic carbocycles. The predicted octanol–water partition coefficient (Wildman–Crippen LogP) is 2.00. The summed E-state index contributed by atoms with van der Waals surface area (Å²) in [6, 6.07) is 7.87. The van der Waals surface area contributed by atoms with Crippen LogP contribution in [0.25, 0.3) is 0 Å². The summed E-state index contributed by atoms with van der Waals surface area (Å²) in [5.74, 6) is 1.85. The monoisotopic (exact) mass is 356 g/mol. The Kier molecular flexibility index (Phi) is 4.74. The van der Waals surface area contributed by atoms with Crippen molar-refractivity contribution < 1.29 is 14.2 Å². The third-order valence-electron chi connectivity index (χ3n) is 5.19. The lowest BCUT2D eigenvalue weighted by molar-refractivity contribution is -0.0657. The molecule has 0 amide bonds. The van der Waals surface area contributed by atoms with Crippen molar-refractivity contribution in [2.45, 2.75) is 25.6 Å². The fourth-order valence-electron chi connectivity index (χ4n) is 3.73. The number of methoxy groups -OCH3 is 1. The van der Waals surface area contributed by atoms with Crippen molar-refractivity contribution in [3.8, 4) is 5.88 Å². The molecule has 138 valence electrons. The van der Waals surface area contributed by atoms with Crippen molar-refractivity contribution in [3.63, 3.8) is 0 Å². The van der Waals surface area contributed by atoms with E-state index in [1.165, 1.54) is 6.33 Å². The third-order valence-corrected chi connectivity index (χ3v) is 5.19. The Morgan fingerprint density at radius 3 is 3.00 bits per heavy atom. The van der Waals surface area contributed by atoms with Crippen molar-refractivity contribution >= 4 is 5.82 Å². The smallest absolute Gasteiger partial charge is 0.218 e. The SMILES string of the molecule is COc1cc(N2CC3(C2)OCCC3COCc2cccc(C)n2)ncn1. The highest BCUT2D eigenvalue weighted by molar-refractivity contribution is 5.46. The number of hydrogen-bond acceptors (Lipinski definition) is 7. The molecule has 1 atom stereocenters. The number of ether oxygens (including phenoxy) is 3. The highest BCUT2D eigenvalue weighted by atomic mass is 16.5. The van der Waals surface area contributed by atoms with Crippen LogP contribution in [0.2, 0.25) is 0 Å². The number of anilines is 1. The van der Waals surface area contributed by atoms with Gasteiger partial charge in [-0.15, -0.1) is 0 Å². The van der Waals surface area contributed by atoms with Crippen molar-refractivity contribution in [1.29, 1.82) is 0 Å². The summed E-state index contributed by atoms with van der Waals surface area (Å²) < 4.78 is 17.2. The second-order valence-corrected chi connectivity index (χ2v) is 6.96. The van der Waals surface area contributed by atoms with Gasteiger partial charge < -0.3 is 19.1 Å². The zero-order chi connectivity index (χ0) is 18.0. The Hall–Kier alpha value is -2.25. The lowest BCUT2D eigenvalue weighted by Crippen LogP contribution is -2.65. The summed E-state index contributed by atoms with van der Waals surface area (Å²) in [7, 11) is 1.61. The first-order valence-corrected chi connectivity index (χ1v) is 8.94. The Balaban J connectivity index is 1.32. The lowest BCUT2D eigenvalue weighted by Gasteiger charge is -2.50. The number of aromatic nitrogens is 3. The normalized spacial score (nSPS) is 21.0. The van der Waals surface area contributed by atoms with E-state index in [2.05, 4.69) is 19.9 Å². The molecule has 26 heavy (non-hydrogen) atoms. The molecule has 2 saturated heterocycles. The van der Waals surface area contributed by atoms with Gasteiger partial charge in [-0.05, 0) is 25.5 Å². The number of nitrogens with zero attached hydrogens (tertiary/aromatic N) is 4. The van der Waals surface area contributed by atoms with Gasteiger partial charge >= 0.3 is 0 Å². The molecule has 0 saturated carbocycles. The molecular formula is C19H24N4O3. The number of pyridine rings is 1. The van der Waals surface area contributed by atoms with Crippen LogP contribution >= 0.6 is 0 Å². The summed E-state index contributed by atoms with van der Waals surface area (Å²) >= 11 is 0. The standard InChI is InChI=1S/C19H24N4O3/c1-14-4-3-5-16(22-14)10-25-9-15-6-7-26-19(15)11-23(12-19)17-8-18(24-2)21-13-20-17/h3-5,8,13,15H,6-7,9-12H2,1-2H3. The van der Waals surface area contributed by atoms with E-state index >= 15 is 0 Å². The molecule has 2 aliphatic rings. The molecule has 0 bridgehead atoms. The van der Waals surface area contributed by atoms with E-state index in [0.29, 0.717) is 25.0 Å². The molecule has 2 aromatic rings. The van der Waals surface area contributed by atoms with E-state index in [4.69, 9.17) is 14.2 Å². The molecular weight excluding hydrogens is 332 g/mol. The number of aryl methyl sites for hydroxylation is 1. The average molecular weight is 356 g/mol. The van der Waals surface area contributed by atoms with Gasteiger partial charge in [-0.3, -0.25) is 4.98 Å². The molecule has 2 aliphatic heterocycles. The van der Waals surface area contributed by atoms with Gasteiger partial charge in [-0.25, -0.2) is 9.97 Å². The molecule has 1 spiro atoms. The summed E-state index contributed by atoms with van der Waals surface area (Å²) in [6.45, 7) is 5.66. The Morgan fingerprint density at radius 1 is 1.31 bits per heavy atom. The van der Waals surface area contributed by atoms with Gasteiger partial charge in [0, 0.05) is 24.3 Å². The topological polar surface area (TPSA) is 69.6 Å². The van der Waals surface area contributed by atoms with Crippen LogP contribution in [0.15, 0.2) is 30.6 Å². The van der Waals surface area contributed by atoms with Crippen LogP contribution in [-0.4, -0.2) is 54.0 Å². The van der Waals surface area contributed by atoms with Gasteiger partial charge in [0.2, 0.25) is 5.88 Å². The maximum atomic E-state index is 6.11. The van der Waals surface area contributed by atoms with Crippen LogP contribution in [-0.2, 0) is 16.1 Å². The molecule has 2 aromatic heterocycles. The van der Waals surface area contributed by atoms with E-state index in [1.807, 2.05) is 31.2 Å². The first-order valence-electron chi connectivity index (χ1n) is 8.94. The second kappa shape index (κ2) is 7.17. The van der Waals surface area contributed by atoms with E-state index in [0.717, 1.165) is 43.3 Å². The summed E-state index contributed by atoms with van der Waals surface area (Å²) in [4.78, 5) is 15.1. The quantitative estimate of drug-likeness (QED) is 0.784. The van der Waals surface area contributed by atoms with Crippen LogP contribution in [0, 0.1) is 12.8 Å². The van der Waals surface area contributed by atoms with Crippen LogP contribution in [0.4, 0.5) is 5.82 Å². The van der Waals surface area contributed by atoms with Crippen molar-refractivity contribution in [2.75, 3.05) is 38.3 Å². The molecule has 4 heterocycles. The van der Waals surface area contributed by atoms with Gasteiger partial charge in [-0.1, -0.05) is 6.07 Å². The van der Waals surface area contributed by atoms with Crippen molar-refractivity contribution in [2.24, 2.45) is 5.92 Å². The zero-order valence-corrected chi connectivity index (χ0v) is 15.2. The van der Waals surface area contributed by atoms with Crippen LogP contribution in [0.1, 0.15) is 17.8 Å². The summed E-state index contributed by atoms with van der Waals surface area (Å²) in [5.41, 5.74) is 1.86. The molecule has 0 aromatic carbocycles. The highest BCUT2D eigenvalue weighted by Gasteiger charge is 2.53. The molecule has 0 radical (unpaired) electrons. The minimum Gasteiger partial charge on any atom is -0.481 e.